The Bertz CT molecular complexity index is 1300. The summed E-state index contributed by atoms with van der Waals surface area (Å²) in [7, 11) is 1.28. The topological polar surface area (TPSA) is 110 Å². The SMILES string of the molecule is C[N+](=O)c1cc(/C=N/NC(=O)COc2ccc(C(C)(C)CC(C)(C)C)cc2)ccc1OC(=O)c1ccco1. The molecule has 3 aromatic rings. The van der Waals surface area contributed by atoms with Gasteiger partial charge in [-0.3, -0.25) is 4.79 Å². The molecule has 0 aliphatic heterocycles. The Morgan fingerprint density at radius 2 is 1.76 bits per heavy atom. The Morgan fingerprint density at radius 1 is 1.05 bits per heavy atom. The number of carbonyl (C=O) groups excluding carboxylic acids is 2. The lowest BCUT2D eigenvalue weighted by Gasteiger charge is -2.33. The van der Waals surface area contributed by atoms with Crippen LogP contribution in [0.4, 0.5) is 5.69 Å². The van der Waals surface area contributed by atoms with E-state index in [0.717, 1.165) is 6.42 Å². The van der Waals surface area contributed by atoms with Gasteiger partial charge in [0, 0.05) is 21.3 Å². The molecule has 9 nitrogen and oxygen atoms in total. The Hall–Kier alpha value is -4.27. The molecule has 0 fully saturated rings. The van der Waals surface area contributed by atoms with Gasteiger partial charge in [-0.05, 0) is 59.2 Å². The van der Waals surface area contributed by atoms with Crippen molar-refractivity contribution in [3.8, 4) is 11.5 Å². The molecule has 1 heterocycles. The first-order valence-electron chi connectivity index (χ1n) is 12.2. The van der Waals surface area contributed by atoms with Crippen molar-refractivity contribution in [3.63, 3.8) is 0 Å². The number of nitroso groups, excluding NO2 is 1. The van der Waals surface area contributed by atoms with Crippen molar-refractivity contribution in [3.05, 3.63) is 82.7 Å². The van der Waals surface area contributed by atoms with Gasteiger partial charge in [0.25, 0.3) is 11.6 Å². The number of amides is 1. The van der Waals surface area contributed by atoms with E-state index in [1.807, 2.05) is 24.3 Å². The summed E-state index contributed by atoms with van der Waals surface area (Å²) in [5, 5.41) is 3.92. The number of nitrogens with zero attached hydrogens (tertiary/aromatic N) is 2. The average Bonchev–Trinajstić information content (AvgIpc) is 3.37. The van der Waals surface area contributed by atoms with Gasteiger partial charge in [0.1, 0.15) is 5.75 Å². The summed E-state index contributed by atoms with van der Waals surface area (Å²) in [6.45, 7) is 10.9. The standard InChI is InChI=1S/C29H33N3O6/c1-28(2,3)19-29(4,5)21-10-12-22(13-11-21)37-18-26(33)31-30-17-20-9-14-24(23(16-20)32(6)35)38-27(34)25-8-7-15-36-25/h7-17H,18-19H2,1-6H3/p+1/b30-17+. The quantitative estimate of drug-likeness (QED) is 0.119. The third kappa shape index (κ3) is 8.12. The third-order valence-corrected chi connectivity index (χ3v) is 5.63. The molecule has 0 aliphatic rings. The van der Waals surface area contributed by atoms with Crippen molar-refractivity contribution in [2.75, 3.05) is 13.7 Å². The predicted octanol–water partition coefficient (Wildman–Crippen LogP) is 5.78. The largest absolute Gasteiger partial charge is 0.484 e. The highest BCUT2D eigenvalue weighted by Gasteiger charge is 2.27. The van der Waals surface area contributed by atoms with Gasteiger partial charge < -0.3 is 13.9 Å². The van der Waals surface area contributed by atoms with Crippen molar-refractivity contribution in [2.45, 2.75) is 46.5 Å². The van der Waals surface area contributed by atoms with Gasteiger partial charge in [0.15, 0.2) is 13.7 Å². The zero-order valence-corrected chi connectivity index (χ0v) is 22.6. The fraction of sp³-hybridized carbons (Fsp3) is 0.345. The van der Waals surface area contributed by atoms with Crippen molar-refractivity contribution in [2.24, 2.45) is 10.5 Å². The monoisotopic (exact) mass is 520 g/mol. The number of ether oxygens (including phenoxy) is 2. The molecular formula is C29H34N3O6+. The zero-order valence-electron chi connectivity index (χ0n) is 22.6. The minimum Gasteiger partial charge on any atom is -0.484 e. The second kappa shape index (κ2) is 11.9. The number of benzene rings is 2. The molecule has 0 saturated heterocycles. The molecule has 2 aromatic carbocycles. The Balaban J connectivity index is 1.54. The Kier molecular flexibility index (Phi) is 8.83. The minimum atomic E-state index is -0.727. The minimum absolute atomic E-state index is 0.0142. The number of hydrogen-bond donors (Lipinski definition) is 1. The third-order valence-electron chi connectivity index (χ3n) is 5.63. The van der Waals surface area contributed by atoms with Crippen LogP contribution in [0.15, 0.2) is 70.4 Å². The molecule has 200 valence electrons. The van der Waals surface area contributed by atoms with Crippen molar-refractivity contribution >= 4 is 23.8 Å². The van der Waals surface area contributed by atoms with Crippen LogP contribution in [0.1, 0.15) is 62.7 Å². The van der Waals surface area contributed by atoms with Gasteiger partial charge in [-0.15, -0.1) is 0 Å². The molecule has 1 amide bonds. The summed E-state index contributed by atoms with van der Waals surface area (Å²) in [4.78, 5) is 36.3. The van der Waals surface area contributed by atoms with Crippen LogP contribution in [0.5, 0.6) is 11.5 Å². The maximum atomic E-state index is 12.2. The van der Waals surface area contributed by atoms with Crippen LogP contribution in [0, 0.1) is 10.3 Å². The lowest BCUT2D eigenvalue weighted by Crippen LogP contribution is -2.25. The van der Waals surface area contributed by atoms with Crippen molar-refractivity contribution in [1.82, 2.24) is 5.43 Å². The van der Waals surface area contributed by atoms with Crippen LogP contribution < -0.4 is 14.9 Å². The predicted molar refractivity (Wildman–Crippen MR) is 144 cm³/mol. The highest BCUT2D eigenvalue weighted by molar-refractivity contribution is 5.89. The molecule has 0 radical (unpaired) electrons. The molecule has 0 aliphatic carbocycles. The van der Waals surface area contributed by atoms with E-state index in [2.05, 4.69) is 45.1 Å². The number of nitrogens with one attached hydrogen (secondary N) is 1. The van der Waals surface area contributed by atoms with Crippen LogP contribution in [-0.2, 0) is 10.2 Å². The zero-order chi connectivity index (χ0) is 27.9. The van der Waals surface area contributed by atoms with E-state index in [4.69, 9.17) is 13.9 Å². The lowest BCUT2D eigenvalue weighted by molar-refractivity contribution is -0.428. The smallest absolute Gasteiger partial charge is 0.379 e. The fourth-order valence-corrected chi connectivity index (χ4v) is 4.28. The van der Waals surface area contributed by atoms with E-state index in [1.54, 1.807) is 12.1 Å². The van der Waals surface area contributed by atoms with Crippen LogP contribution in [0.2, 0.25) is 0 Å². The van der Waals surface area contributed by atoms with Gasteiger partial charge in [-0.2, -0.15) is 5.10 Å². The maximum absolute atomic E-state index is 12.2. The molecular weight excluding hydrogens is 486 g/mol. The van der Waals surface area contributed by atoms with Crippen LogP contribution >= 0.6 is 0 Å². The number of hydrogen-bond acceptors (Lipinski definition) is 7. The molecule has 0 atom stereocenters. The number of furan rings is 1. The summed E-state index contributed by atoms with van der Waals surface area (Å²) in [6, 6.07) is 15.3. The second-order valence-electron chi connectivity index (χ2n) is 10.8. The van der Waals surface area contributed by atoms with E-state index in [-0.39, 0.29) is 34.6 Å². The first-order chi connectivity index (χ1) is 17.8. The summed E-state index contributed by atoms with van der Waals surface area (Å²) >= 11 is 0. The molecule has 0 spiro atoms. The molecule has 0 bridgehead atoms. The fourth-order valence-electron chi connectivity index (χ4n) is 4.28. The highest BCUT2D eigenvalue weighted by Crippen LogP contribution is 2.36. The Morgan fingerprint density at radius 3 is 2.37 bits per heavy atom. The number of carbonyl (C=O) groups is 2. The Labute approximate surface area is 222 Å². The molecule has 9 heteroatoms. The molecule has 0 saturated carbocycles. The van der Waals surface area contributed by atoms with Gasteiger partial charge >= 0.3 is 5.97 Å². The summed E-state index contributed by atoms with van der Waals surface area (Å²) in [5.41, 5.74) is 4.44. The number of rotatable bonds is 10. The molecule has 1 N–H and O–H groups in total. The van der Waals surface area contributed by atoms with E-state index in [1.165, 1.54) is 43.3 Å². The summed E-state index contributed by atoms with van der Waals surface area (Å²) < 4.78 is 16.4. The maximum Gasteiger partial charge on any atom is 0.379 e. The van der Waals surface area contributed by atoms with E-state index in [9.17, 15) is 14.5 Å². The first-order valence-corrected chi connectivity index (χ1v) is 12.2. The summed E-state index contributed by atoms with van der Waals surface area (Å²) in [6.07, 6.45) is 3.75. The van der Waals surface area contributed by atoms with Crippen LogP contribution in [0.3, 0.4) is 0 Å². The number of esters is 1. The van der Waals surface area contributed by atoms with E-state index < -0.39 is 11.9 Å². The first kappa shape index (κ1) is 28.3. The average molecular weight is 521 g/mol. The molecule has 3 rings (SSSR count). The van der Waals surface area contributed by atoms with E-state index >= 15 is 0 Å². The molecule has 1 aromatic heterocycles. The lowest BCUT2D eigenvalue weighted by atomic mass is 9.72. The molecule has 38 heavy (non-hydrogen) atoms. The van der Waals surface area contributed by atoms with Gasteiger partial charge in [-0.1, -0.05) is 46.8 Å². The van der Waals surface area contributed by atoms with E-state index in [0.29, 0.717) is 16.1 Å². The van der Waals surface area contributed by atoms with Crippen LogP contribution in [-0.4, -0.2) is 36.5 Å². The number of hydrazone groups is 1. The van der Waals surface area contributed by atoms with Crippen LogP contribution in [0.25, 0.3) is 0 Å². The van der Waals surface area contributed by atoms with Gasteiger partial charge in [-0.25, -0.2) is 10.2 Å². The second-order valence-corrected chi connectivity index (χ2v) is 10.8. The van der Waals surface area contributed by atoms with Gasteiger partial charge in [0.05, 0.1) is 12.5 Å². The highest BCUT2D eigenvalue weighted by atomic mass is 16.5. The van der Waals surface area contributed by atoms with Gasteiger partial charge in [0.2, 0.25) is 11.5 Å². The molecule has 0 unspecified atom stereocenters. The van der Waals surface area contributed by atoms with Crippen molar-refractivity contribution < 1.29 is 28.2 Å². The normalized spacial score (nSPS) is 11.8. The van der Waals surface area contributed by atoms with Crippen molar-refractivity contribution in [1.29, 1.82) is 0 Å². The summed E-state index contributed by atoms with van der Waals surface area (Å²) in [5.74, 6) is -0.507.